The number of rotatable bonds is 0. The lowest BCUT2D eigenvalue weighted by atomic mass is 9.84. The van der Waals surface area contributed by atoms with Crippen molar-refractivity contribution in [3.8, 4) is 0 Å². The molecular weight excluding hydrogens is 203 g/mol. The van der Waals surface area contributed by atoms with E-state index in [1.165, 1.54) is 0 Å². The number of halogens is 1. The number of benzene rings is 2. The van der Waals surface area contributed by atoms with Crippen molar-refractivity contribution >= 4 is 5.78 Å². The van der Waals surface area contributed by atoms with E-state index in [4.69, 9.17) is 0 Å². The van der Waals surface area contributed by atoms with Crippen LogP contribution in [0.4, 0.5) is 4.39 Å². The van der Waals surface area contributed by atoms with Crippen molar-refractivity contribution in [1.29, 1.82) is 0 Å². The molecule has 1 aliphatic rings. The third-order valence-corrected chi connectivity index (χ3v) is 2.96. The Balaban J connectivity index is 2.30. The summed E-state index contributed by atoms with van der Waals surface area (Å²) >= 11 is 0. The summed E-state index contributed by atoms with van der Waals surface area (Å²) in [7, 11) is 0. The molecule has 0 atom stereocenters. The van der Waals surface area contributed by atoms with E-state index in [-0.39, 0.29) is 5.78 Å². The van der Waals surface area contributed by atoms with Gasteiger partial charge in [-0.3, -0.25) is 4.79 Å². The van der Waals surface area contributed by atoms with Gasteiger partial charge in [-0.2, -0.15) is 0 Å². The van der Waals surface area contributed by atoms with E-state index in [0.29, 0.717) is 22.3 Å². The highest BCUT2D eigenvalue weighted by molar-refractivity contribution is 6.12. The van der Waals surface area contributed by atoms with Gasteiger partial charge in [0, 0.05) is 22.3 Å². The van der Waals surface area contributed by atoms with Gasteiger partial charge in [-0.05, 0) is 0 Å². The van der Waals surface area contributed by atoms with Crippen molar-refractivity contribution in [3.05, 3.63) is 70.8 Å². The molecule has 0 saturated heterocycles. The van der Waals surface area contributed by atoms with Crippen LogP contribution in [0.25, 0.3) is 0 Å². The monoisotopic (exact) mass is 212 g/mol. The molecule has 0 bridgehead atoms. The summed E-state index contributed by atoms with van der Waals surface area (Å²) in [4.78, 5) is 12.1. The lowest BCUT2D eigenvalue weighted by Gasteiger charge is -2.21. The van der Waals surface area contributed by atoms with Gasteiger partial charge in [0.05, 0.1) is 0 Å². The molecule has 3 rings (SSSR count). The van der Waals surface area contributed by atoms with Gasteiger partial charge in [-0.15, -0.1) is 0 Å². The zero-order valence-corrected chi connectivity index (χ0v) is 8.48. The van der Waals surface area contributed by atoms with Gasteiger partial charge in [0.1, 0.15) is 0 Å². The molecule has 0 fully saturated rings. The first-order valence-electron chi connectivity index (χ1n) is 5.15. The molecule has 0 spiro atoms. The van der Waals surface area contributed by atoms with E-state index in [1.54, 1.807) is 48.5 Å². The third-order valence-electron chi connectivity index (χ3n) is 2.96. The molecule has 2 heteroatoms. The number of carbonyl (C=O) groups is 1. The van der Waals surface area contributed by atoms with Crippen LogP contribution in [-0.2, 0) is 0 Å². The van der Waals surface area contributed by atoms with E-state index >= 15 is 0 Å². The van der Waals surface area contributed by atoms with Crippen LogP contribution in [-0.4, -0.2) is 5.78 Å². The fraction of sp³-hybridized carbons (Fsp3) is 0.0714. The lowest BCUT2D eigenvalue weighted by Crippen LogP contribution is -2.16. The summed E-state index contributed by atoms with van der Waals surface area (Å²) in [5, 5.41) is 0. The Bertz CT molecular complexity index is 525. The molecule has 2 aromatic rings. The molecule has 78 valence electrons. The van der Waals surface area contributed by atoms with E-state index in [1.807, 2.05) is 0 Å². The number of ketones is 1. The van der Waals surface area contributed by atoms with Crippen molar-refractivity contribution in [2.75, 3.05) is 0 Å². The van der Waals surface area contributed by atoms with Crippen molar-refractivity contribution in [2.45, 2.75) is 6.17 Å². The molecule has 16 heavy (non-hydrogen) atoms. The highest BCUT2D eigenvalue weighted by atomic mass is 19.1. The standard InChI is InChI=1S/C14H9FO/c15-13-9-5-1-3-7-11(9)14(16)12-8-4-2-6-10(12)13/h1-8,13H. The van der Waals surface area contributed by atoms with Crippen LogP contribution in [0.5, 0.6) is 0 Å². The van der Waals surface area contributed by atoms with Gasteiger partial charge in [0.15, 0.2) is 12.0 Å². The highest BCUT2D eigenvalue weighted by Crippen LogP contribution is 2.36. The molecule has 0 unspecified atom stereocenters. The van der Waals surface area contributed by atoms with Crippen molar-refractivity contribution in [1.82, 2.24) is 0 Å². The van der Waals surface area contributed by atoms with Crippen LogP contribution in [0, 0.1) is 0 Å². The van der Waals surface area contributed by atoms with Gasteiger partial charge in [0.2, 0.25) is 0 Å². The maximum Gasteiger partial charge on any atom is 0.193 e. The van der Waals surface area contributed by atoms with Crippen molar-refractivity contribution < 1.29 is 9.18 Å². The fourth-order valence-corrected chi connectivity index (χ4v) is 2.16. The first-order valence-corrected chi connectivity index (χ1v) is 5.15. The zero-order valence-electron chi connectivity index (χ0n) is 8.48. The van der Waals surface area contributed by atoms with E-state index < -0.39 is 6.17 Å². The second-order valence-corrected chi connectivity index (χ2v) is 3.87. The zero-order chi connectivity index (χ0) is 11.1. The van der Waals surface area contributed by atoms with Crippen LogP contribution in [0.15, 0.2) is 48.5 Å². The Labute approximate surface area is 92.5 Å². The van der Waals surface area contributed by atoms with E-state index in [9.17, 15) is 9.18 Å². The first kappa shape index (κ1) is 9.28. The largest absolute Gasteiger partial charge is 0.289 e. The fourth-order valence-electron chi connectivity index (χ4n) is 2.16. The topological polar surface area (TPSA) is 17.1 Å². The first-order chi connectivity index (χ1) is 7.79. The SMILES string of the molecule is O=C1c2ccccc2C(F)c2ccccc21. The molecule has 0 aliphatic heterocycles. The van der Waals surface area contributed by atoms with Crippen molar-refractivity contribution in [3.63, 3.8) is 0 Å². The predicted molar refractivity (Wildman–Crippen MR) is 59.3 cm³/mol. The molecule has 1 aliphatic carbocycles. The minimum atomic E-state index is -1.19. The second kappa shape index (κ2) is 3.27. The molecule has 0 radical (unpaired) electrons. The average Bonchev–Trinajstić information content (AvgIpc) is 2.36. The van der Waals surface area contributed by atoms with Gasteiger partial charge in [-0.25, -0.2) is 4.39 Å². The smallest absolute Gasteiger partial charge is 0.193 e. The van der Waals surface area contributed by atoms with Crippen LogP contribution >= 0.6 is 0 Å². The predicted octanol–water partition coefficient (Wildman–Crippen LogP) is 3.29. The maximum absolute atomic E-state index is 14.2. The second-order valence-electron chi connectivity index (χ2n) is 3.87. The van der Waals surface area contributed by atoms with Gasteiger partial charge in [0.25, 0.3) is 0 Å². The Morgan fingerprint density at radius 2 is 1.25 bits per heavy atom. The number of carbonyl (C=O) groups excluding carboxylic acids is 1. The van der Waals surface area contributed by atoms with E-state index in [2.05, 4.69) is 0 Å². The molecule has 0 N–H and O–H groups in total. The summed E-state index contributed by atoms with van der Waals surface area (Å²) in [5.74, 6) is -0.0832. The summed E-state index contributed by atoms with van der Waals surface area (Å²) in [6, 6.07) is 13.7. The van der Waals surface area contributed by atoms with Gasteiger partial charge in [-0.1, -0.05) is 48.5 Å². The van der Waals surface area contributed by atoms with Crippen LogP contribution in [0.3, 0.4) is 0 Å². The maximum atomic E-state index is 14.2. The quantitative estimate of drug-likeness (QED) is 0.654. The Morgan fingerprint density at radius 3 is 1.75 bits per heavy atom. The number of alkyl halides is 1. The summed E-state index contributed by atoms with van der Waals surface area (Å²) in [6.07, 6.45) is -1.19. The van der Waals surface area contributed by atoms with Crippen LogP contribution < -0.4 is 0 Å². The average molecular weight is 212 g/mol. The summed E-state index contributed by atoms with van der Waals surface area (Å²) < 4.78 is 14.2. The number of hydrogen-bond acceptors (Lipinski definition) is 1. The molecular formula is C14H9FO. The van der Waals surface area contributed by atoms with Crippen LogP contribution in [0.2, 0.25) is 0 Å². The highest BCUT2D eigenvalue weighted by Gasteiger charge is 2.29. The molecule has 0 heterocycles. The lowest BCUT2D eigenvalue weighted by molar-refractivity contribution is 0.102. The molecule has 0 saturated carbocycles. The number of fused-ring (bicyclic) bond motifs is 2. The third kappa shape index (κ3) is 1.13. The van der Waals surface area contributed by atoms with Gasteiger partial charge >= 0.3 is 0 Å². The minimum Gasteiger partial charge on any atom is -0.289 e. The normalized spacial score (nSPS) is 14.4. The molecule has 1 nitrogen and oxygen atoms in total. The number of hydrogen-bond donors (Lipinski definition) is 0. The molecule has 2 aromatic carbocycles. The Kier molecular flexibility index (Phi) is 1.90. The molecule has 0 amide bonds. The van der Waals surface area contributed by atoms with Crippen LogP contribution in [0.1, 0.15) is 33.2 Å². The summed E-state index contributed by atoms with van der Waals surface area (Å²) in [6.45, 7) is 0. The Morgan fingerprint density at radius 1 is 0.812 bits per heavy atom. The van der Waals surface area contributed by atoms with Gasteiger partial charge < -0.3 is 0 Å². The van der Waals surface area contributed by atoms with Crippen molar-refractivity contribution in [2.24, 2.45) is 0 Å². The van der Waals surface area contributed by atoms with E-state index in [0.717, 1.165) is 0 Å². The Hall–Kier alpha value is -1.96. The minimum absolute atomic E-state index is 0.0832. The molecule has 0 aromatic heterocycles. The summed E-state index contributed by atoms with van der Waals surface area (Å²) in [5.41, 5.74) is 1.92.